The van der Waals surface area contributed by atoms with Gasteiger partial charge in [-0.2, -0.15) is 0 Å². The van der Waals surface area contributed by atoms with E-state index in [9.17, 15) is 9.59 Å². The fraction of sp³-hybridized carbons (Fsp3) is 0.500. The van der Waals surface area contributed by atoms with Gasteiger partial charge in [0.1, 0.15) is 5.56 Å². The summed E-state index contributed by atoms with van der Waals surface area (Å²) in [5.74, 6) is 0.120. The summed E-state index contributed by atoms with van der Waals surface area (Å²) in [4.78, 5) is 23.2. The van der Waals surface area contributed by atoms with Gasteiger partial charge >= 0.3 is 5.97 Å². The molecule has 0 aromatic carbocycles. The van der Waals surface area contributed by atoms with Gasteiger partial charge in [-0.3, -0.25) is 4.79 Å². The highest BCUT2D eigenvalue weighted by atomic mass is 127. The zero-order valence-corrected chi connectivity index (χ0v) is 11.8. The van der Waals surface area contributed by atoms with Crippen LogP contribution in [0.5, 0.6) is 0 Å². The van der Waals surface area contributed by atoms with E-state index in [0.29, 0.717) is 9.49 Å². The summed E-state index contributed by atoms with van der Waals surface area (Å²) in [6.07, 6.45) is 7.15. The van der Waals surface area contributed by atoms with Crippen LogP contribution in [0.4, 0.5) is 0 Å². The standard InChI is InChI=1S/C12H14INO3/c1-17-12(16)9-6-14(5-8-3-2-4-8)7-10(13)11(9)15/h6-8H,2-5H2,1H3. The van der Waals surface area contributed by atoms with E-state index < -0.39 is 5.97 Å². The van der Waals surface area contributed by atoms with Crippen molar-refractivity contribution in [3.8, 4) is 0 Å². The Morgan fingerprint density at radius 1 is 1.53 bits per heavy atom. The van der Waals surface area contributed by atoms with Gasteiger partial charge in [-0.25, -0.2) is 4.79 Å². The molecule has 0 spiro atoms. The van der Waals surface area contributed by atoms with Gasteiger partial charge in [-0.15, -0.1) is 0 Å². The minimum Gasteiger partial charge on any atom is -0.465 e. The highest BCUT2D eigenvalue weighted by molar-refractivity contribution is 14.1. The molecule has 1 aromatic rings. The lowest BCUT2D eigenvalue weighted by Gasteiger charge is -2.26. The van der Waals surface area contributed by atoms with E-state index in [-0.39, 0.29) is 11.0 Å². The number of halogens is 1. The Bertz CT molecular complexity index is 491. The van der Waals surface area contributed by atoms with Gasteiger partial charge in [0.2, 0.25) is 5.43 Å². The maximum atomic E-state index is 11.8. The van der Waals surface area contributed by atoms with E-state index in [2.05, 4.69) is 4.74 Å². The minimum absolute atomic E-state index is 0.124. The summed E-state index contributed by atoms with van der Waals surface area (Å²) in [5.41, 5.74) is -0.124. The molecule has 0 N–H and O–H groups in total. The molecule has 0 unspecified atom stereocenters. The maximum Gasteiger partial charge on any atom is 0.343 e. The van der Waals surface area contributed by atoms with Crippen molar-refractivity contribution < 1.29 is 9.53 Å². The van der Waals surface area contributed by atoms with E-state index in [1.807, 2.05) is 27.2 Å². The van der Waals surface area contributed by atoms with E-state index in [1.165, 1.54) is 26.4 Å². The molecule has 17 heavy (non-hydrogen) atoms. The molecule has 0 radical (unpaired) electrons. The molecular formula is C12H14INO3. The number of carbonyl (C=O) groups is 1. The Hall–Kier alpha value is -0.850. The van der Waals surface area contributed by atoms with Gasteiger partial charge in [0.25, 0.3) is 0 Å². The molecule has 0 amide bonds. The highest BCUT2D eigenvalue weighted by Crippen LogP contribution is 2.27. The third-order valence-electron chi connectivity index (χ3n) is 3.13. The first-order chi connectivity index (χ1) is 8.11. The molecule has 92 valence electrons. The molecule has 1 heterocycles. The number of methoxy groups -OCH3 is 1. The summed E-state index contributed by atoms with van der Waals surface area (Å²) in [6.45, 7) is 0.875. The van der Waals surface area contributed by atoms with Gasteiger partial charge in [0.05, 0.1) is 10.7 Å². The first-order valence-corrected chi connectivity index (χ1v) is 6.67. The second-order valence-electron chi connectivity index (χ2n) is 4.33. The number of rotatable bonds is 3. The van der Waals surface area contributed by atoms with Crippen LogP contribution in [0.15, 0.2) is 17.2 Å². The third kappa shape index (κ3) is 2.70. The maximum absolute atomic E-state index is 11.8. The number of ether oxygens (including phenoxy) is 1. The molecule has 1 aromatic heterocycles. The van der Waals surface area contributed by atoms with Crippen LogP contribution in [-0.2, 0) is 11.3 Å². The second kappa shape index (κ2) is 5.20. The topological polar surface area (TPSA) is 48.3 Å². The SMILES string of the molecule is COC(=O)c1cn(CC2CCC2)cc(I)c1=O. The van der Waals surface area contributed by atoms with Crippen LogP contribution in [0.2, 0.25) is 0 Å². The van der Waals surface area contributed by atoms with Crippen molar-refractivity contribution in [2.45, 2.75) is 25.8 Å². The van der Waals surface area contributed by atoms with Crippen LogP contribution >= 0.6 is 22.6 Å². The fourth-order valence-electron chi connectivity index (χ4n) is 1.93. The Kier molecular flexibility index (Phi) is 3.86. The van der Waals surface area contributed by atoms with Crippen molar-refractivity contribution in [3.05, 3.63) is 31.8 Å². The number of nitrogens with zero attached hydrogens (tertiary/aromatic N) is 1. The van der Waals surface area contributed by atoms with E-state index >= 15 is 0 Å². The predicted octanol–water partition coefficient (Wildman–Crippen LogP) is 2.04. The van der Waals surface area contributed by atoms with Crippen LogP contribution in [0.3, 0.4) is 0 Å². The molecule has 0 saturated heterocycles. The Morgan fingerprint density at radius 2 is 2.24 bits per heavy atom. The lowest BCUT2D eigenvalue weighted by molar-refractivity contribution is 0.0598. The Morgan fingerprint density at radius 3 is 2.76 bits per heavy atom. The Labute approximate surface area is 113 Å². The normalized spacial score (nSPS) is 15.4. The van der Waals surface area contributed by atoms with E-state index in [4.69, 9.17) is 0 Å². The van der Waals surface area contributed by atoms with E-state index in [0.717, 1.165) is 6.54 Å². The molecule has 5 heteroatoms. The molecule has 0 atom stereocenters. The van der Waals surface area contributed by atoms with Gasteiger partial charge < -0.3 is 9.30 Å². The molecule has 1 aliphatic rings. The second-order valence-corrected chi connectivity index (χ2v) is 5.50. The summed E-state index contributed by atoms with van der Waals surface area (Å²) in [5, 5.41) is 0. The number of hydrogen-bond acceptors (Lipinski definition) is 3. The first kappa shape index (κ1) is 12.6. The van der Waals surface area contributed by atoms with Gasteiger partial charge in [-0.05, 0) is 41.4 Å². The van der Waals surface area contributed by atoms with Gasteiger partial charge in [0, 0.05) is 18.9 Å². The predicted molar refractivity (Wildman–Crippen MR) is 72.1 cm³/mol. The summed E-state index contributed by atoms with van der Waals surface area (Å²) >= 11 is 1.96. The van der Waals surface area contributed by atoms with Crippen molar-refractivity contribution in [1.82, 2.24) is 4.57 Å². The number of pyridine rings is 1. The third-order valence-corrected chi connectivity index (χ3v) is 3.90. The van der Waals surface area contributed by atoms with Gasteiger partial charge in [-0.1, -0.05) is 6.42 Å². The summed E-state index contributed by atoms with van der Waals surface area (Å²) < 4.78 is 7.11. The molecular weight excluding hydrogens is 333 g/mol. The zero-order chi connectivity index (χ0) is 12.4. The fourth-order valence-corrected chi connectivity index (χ4v) is 2.58. The molecule has 1 fully saturated rings. The lowest BCUT2D eigenvalue weighted by atomic mass is 9.85. The van der Waals surface area contributed by atoms with E-state index in [1.54, 1.807) is 12.4 Å². The van der Waals surface area contributed by atoms with Gasteiger partial charge in [0.15, 0.2) is 0 Å². The largest absolute Gasteiger partial charge is 0.465 e. The molecule has 4 nitrogen and oxygen atoms in total. The number of hydrogen-bond donors (Lipinski definition) is 0. The summed E-state index contributed by atoms with van der Waals surface area (Å²) in [6, 6.07) is 0. The van der Waals surface area contributed by atoms with Crippen molar-refractivity contribution in [2.75, 3.05) is 7.11 Å². The monoisotopic (exact) mass is 347 g/mol. The lowest BCUT2D eigenvalue weighted by Crippen LogP contribution is -2.24. The molecule has 2 rings (SSSR count). The van der Waals surface area contributed by atoms with Crippen molar-refractivity contribution >= 4 is 28.6 Å². The highest BCUT2D eigenvalue weighted by Gasteiger charge is 2.19. The quantitative estimate of drug-likeness (QED) is 0.621. The van der Waals surface area contributed by atoms with Crippen LogP contribution < -0.4 is 5.43 Å². The number of carbonyl (C=O) groups excluding carboxylic acids is 1. The van der Waals surface area contributed by atoms with Crippen LogP contribution in [-0.4, -0.2) is 17.6 Å². The van der Waals surface area contributed by atoms with Crippen LogP contribution in [0.1, 0.15) is 29.6 Å². The zero-order valence-electron chi connectivity index (χ0n) is 9.61. The van der Waals surface area contributed by atoms with Crippen molar-refractivity contribution in [1.29, 1.82) is 0 Å². The van der Waals surface area contributed by atoms with Crippen molar-refractivity contribution in [2.24, 2.45) is 5.92 Å². The first-order valence-electron chi connectivity index (χ1n) is 5.59. The number of esters is 1. The van der Waals surface area contributed by atoms with Crippen molar-refractivity contribution in [3.63, 3.8) is 0 Å². The number of aromatic nitrogens is 1. The Balaban J connectivity index is 2.31. The molecule has 1 saturated carbocycles. The molecule has 0 bridgehead atoms. The molecule has 0 aliphatic heterocycles. The minimum atomic E-state index is -0.559. The average molecular weight is 347 g/mol. The summed E-state index contributed by atoms with van der Waals surface area (Å²) in [7, 11) is 1.29. The average Bonchev–Trinajstić information content (AvgIpc) is 2.27. The van der Waals surface area contributed by atoms with Crippen LogP contribution in [0, 0.1) is 9.49 Å². The molecule has 1 aliphatic carbocycles. The smallest absolute Gasteiger partial charge is 0.343 e. The van der Waals surface area contributed by atoms with Crippen LogP contribution in [0.25, 0.3) is 0 Å².